The Morgan fingerprint density at radius 3 is 2.55 bits per heavy atom. The van der Waals surface area contributed by atoms with E-state index < -0.39 is 6.10 Å². The van der Waals surface area contributed by atoms with E-state index in [1.807, 2.05) is 42.5 Å². The van der Waals surface area contributed by atoms with Crippen LogP contribution in [0.5, 0.6) is 5.75 Å². The number of hydrogen-bond acceptors (Lipinski definition) is 5. The Hall–Kier alpha value is -3.10. The molecule has 3 N–H and O–H groups in total. The zero-order valence-corrected chi connectivity index (χ0v) is 17.6. The van der Waals surface area contributed by atoms with Crippen molar-refractivity contribution in [2.45, 2.75) is 37.1 Å². The van der Waals surface area contributed by atoms with E-state index in [-0.39, 0.29) is 43.1 Å². The zero-order valence-electron chi connectivity index (χ0n) is 17.6. The number of nitrogens with zero attached hydrogens (tertiary/aromatic N) is 1. The summed E-state index contributed by atoms with van der Waals surface area (Å²) in [7, 11) is 3.42. The first-order valence-electron chi connectivity index (χ1n) is 10.3. The quantitative estimate of drug-likeness (QED) is 0.684. The van der Waals surface area contributed by atoms with Crippen molar-refractivity contribution in [2.75, 3.05) is 31.3 Å². The molecular weight excluding hydrogens is 398 g/mol. The van der Waals surface area contributed by atoms with E-state index in [1.165, 1.54) is 4.90 Å². The fraction of sp³-hybridized carbons (Fsp3) is 0.391. The number of nitrogens with one attached hydrogen (secondary N) is 2. The molecule has 1 fully saturated rings. The molecule has 8 heteroatoms. The fourth-order valence-corrected chi connectivity index (χ4v) is 4.16. The third kappa shape index (κ3) is 4.65. The van der Waals surface area contributed by atoms with Gasteiger partial charge in [0.25, 0.3) is 0 Å². The molecular formula is C23H27N3O5. The van der Waals surface area contributed by atoms with Gasteiger partial charge in [0.05, 0.1) is 19.1 Å². The largest absolute Gasteiger partial charge is 0.487 e. The van der Waals surface area contributed by atoms with E-state index in [0.717, 1.165) is 5.56 Å². The number of fused-ring (bicyclic) bond motifs is 3. The summed E-state index contributed by atoms with van der Waals surface area (Å²) in [5.41, 5.74) is 2.30. The lowest BCUT2D eigenvalue weighted by atomic mass is 9.84. The normalized spacial score (nSPS) is 23.8. The lowest BCUT2D eigenvalue weighted by Crippen LogP contribution is -2.47. The van der Waals surface area contributed by atoms with Crippen LogP contribution < -0.4 is 15.4 Å². The summed E-state index contributed by atoms with van der Waals surface area (Å²) < 4.78 is 12.0. The minimum Gasteiger partial charge on any atom is -0.487 e. The molecule has 8 nitrogen and oxygen atoms in total. The molecule has 0 aromatic heterocycles. The molecule has 0 aliphatic carbocycles. The SMILES string of the molecule is CN(C)C(=O)C[C@@H]1C[C@@H]2c3cc(NC(=O)Nc4ccccc4)ccc3O[C@@H]2[C@@H](CO)O1. The molecule has 2 aromatic carbocycles. The van der Waals surface area contributed by atoms with Crippen LogP contribution in [0.4, 0.5) is 16.2 Å². The standard InChI is InChI=1S/C23H27N3O5/c1-26(2)21(28)12-16-11-18-17-10-15(25-23(29)24-14-6-4-3-5-7-14)8-9-19(17)31-22(18)20(13-27)30-16/h3-10,16,18,20,22,27H,11-13H2,1-2H3,(H2,24,25,29)/t16-,18+,20+,22-/m0/s1. The molecule has 0 radical (unpaired) electrons. The van der Waals surface area contributed by atoms with Crippen LogP contribution in [0.2, 0.25) is 0 Å². The van der Waals surface area contributed by atoms with Crippen molar-refractivity contribution >= 4 is 23.3 Å². The summed E-state index contributed by atoms with van der Waals surface area (Å²) >= 11 is 0. The highest BCUT2D eigenvalue weighted by Gasteiger charge is 2.46. The van der Waals surface area contributed by atoms with Gasteiger partial charge in [-0.25, -0.2) is 4.79 Å². The number of aliphatic hydroxyl groups excluding tert-OH is 1. The molecule has 4 rings (SSSR count). The van der Waals surface area contributed by atoms with Gasteiger partial charge < -0.3 is 30.1 Å². The van der Waals surface area contributed by atoms with Crippen molar-refractivity contribution in [3.8, 4) is 5.75 Å². The lowest BCUT2D eigenvalue weighted by molar-refractivity contribution is -0.147. The van der Waals surface area contributed by atoms with E-state index >= 15 is 0 Å². The van der Waals surface area contributed by atoms with Crippen molar-refractivity contribution in [1.29, 1.82) is 0 Å². The predicted molar refractivity (Wildman–Crippen MR) is 116 cm³/mol. The summed E-state index contributed by atoms with van der Waals surface area (Å²) in [6, 6.07) is 14.4. The number of amides is 3. The summed E-state index contributed by atoms with van der Waals surface area (Å²) in [4.78, 5) is 26.1. The third-order valence-electron chi connectivity index (χ3n) is 5.69. The minimum atomic E-state index is -0.510. The van der Waals surface area contributed by atoms with E-state index in [0.29, 0.717) is 23.5 Å². The molecule has 2 heterocycles. The number of hydrogen-bond donors (Lipinski definition) is 3. The molecule has 0 spiro atoms. The van der Waals surface area contributed by atoms with Gasteiger partial charge in [-0.1, -0.05) is 18.2 Å². The topological polar surface area (TPSA) is 100 Å². The van der Waals surface area contributed by atoms with E-state index in [4.69, 9.17) is 9.47 Å². The summed E-state index contributed by atoms with van der Waals surface area (Å²) in [6.07, 6.45) is -0.281. The predicted octanol–water partition coefficient (Wildman–Crippen LogP) is 2.80. The Labute approximate surface area is 181 Å². The van der Waals surface area contributed by atoms with Crippen LogP contribution in [0.25, 0.3) is 0 Å². The summed E-state index contributed by atoms with van der Waals surface area (Å²) in [5.74, 6) is 0.665. The van der Waals surface area contributed by atoms with Gasteiger partial charge in [0, 0.05) is 37.0 Å². The van der Waals surface area contributed by atoms with Gasteiger partial charge >= 0.3 is 6.03 Å². The number of carbonyl (C=O) groups excluding carboxylic acids is 2. The first kappa shape index (κ1) is 21.1. The van der Waals surface area contributed by atoms with Crippen LogP contribution >= 0.6 is 0 Å². The summed E-state index contributed by atoms with van der Waals surface area (Å²) in [6.45, 7) is -0.188. The van der Waals surface area contributed by atoms with Gasteiger partial charge in [-0.15, -0.1) is 0 Å². The Morgan fingerprint density at radius 2 is 1.84 bits per heavy atom. The highest BCUT2D eigenvalue weighted by atomic mass is 16.6. The van der Waals surface area contributed by atoms with Gasteiger partial charge in [-0.05, 0) is 36.8 Å². The monoisotopic (exact) mass is 425 g/mol. The molecule has 31 heavy (non-hydrogen) atoms. The van der Waals surface area contributed by atoms with Crippen LogP contribution in [0.1, 0.15) is 24.3 Å². The van der Waals surface area contributed by atoms with E-state index in [9.17, 15) is 14.7 Å². The second kappa shape index (κ2) is 8.95. The number of para-hydroxylation sites is 1. The number of urea groups is 1. The van der Waals surface area contributed by atoms with Crippen molar-refractivity contribution in [3.05, 3.63) is 54.1 Å². The fourth-order valence-electron chi connectivity index (χ4n) is 4.16. The average molecular weight is 425 g/mol. The molecule has 0 bridgehead atoms. The number of benzene rings is 2. The maximum Gasteiger partial charge on any atom is 0.323 e. The maximum absolute atomic E-state index is 12.4. The second-order valence-corrected chi connectivity index (χ2v) is 8.09. The molecule has 3 amide bonds. The molecule has 0 unspecified atom stereocenters. The Kier molecular flexibility index (Phi) is 6.11. The lowest BCUT2D eigenvalue weighted by Gasteiger charge is -2.37. The maximum atomic E-state index is 12.4. The first-order chi connectivity index (χ1) is 14.9. The Bertz CT molecular complexity index is 949. The zero-order chi connectivity index (χ0) is 22.0. The first-order valence-corrected chi connectivity index (χ1v) is 10.3. The average Bonchev–Trinajstić information content (AvgIpc) is 3.11. The number of aliphatic hydroxyl groups is 1. The third-order valence-corrected chi connectivity index (χ3v) is 5.69. The highest BCUT2D eigenvalue weighted by Crippen LogP contribution is 2.47. The van der Waals surface area contributed by atoms with Gasteiger partial charge in [-0.2, -0.15) is 0 Å². The highest BCUT2D eigenvalue weighted by molar-refractivity contribution is 5.99. The van der Waals surface area contributed by atoms with Crippen molar-refractivity contribution < 1.29 is 24.2 Å². The van der Waals surface area contributed by atoms with Crippen molar-refractivity contribution in [1.82, 2.24) is 4.90 Å². The van der Waals surface area contributed by atoms with Crippen LogP contribution in [0, 0.1) is 0 Å². The molecule has 2 aliphatic rings. The molecule has 164 valence electrons. The Balaban J connectivity index is 1.49. The molecule has 0 saturated carbocycles. The molecule has 4 atom stereocenters. The number of carbonyl (C=O) groups is 2. The molecule has 2 aromatic rings. The summed E-state index contributed by atoms with van der Waals surface area (Å²) in [5, 5.41) is 15.5. The van der Waals surface area contributed by atoms with Crippen LogP contribution in [0.3, 0.4) is 0 Å². The van der Waals surface area contributed by atoms with Gasteiger partial charge in [0.1, 0.15) is 18.0 Å². The number of anilines is 2. The van der Waals surface area contributed by atoms with Crippen LogP contribution in [0.15, 0.2) is 48.5 Å². The van der Waals surface area contributed by atoms with E-state index in [1.54, 1.807) is 20.2 Å². The molecule has 2 aliphatic heterocycles. The molecule has 1 saturated heterocycles. The Morgan fingerprint density at radius 1 is 1.10 bits per heavy atom. The van der Waals surface area contributed by atoms with Crippen LogP contribution in [-0.2, 0) is 9.53 Å². The van der Waals surface area contributed by atoms with Gasteiger partial charge in [-0.3, -0.25) is 4.79 Å². The van der Waals surface area contributed by atoms with Crippen molar-refractivity contribution in [2.24, 2.45) is 0 Å². The van der Waals surface area contributed by atoms with E-state index in [2.05, 4.69) is 10.6 Å². The van der Waals surface area contributed by atoms with Crippen molar-refractivity contribution in [3.63, 3.8) is 0 Å². The smallest absolute Gasteiger partial charge is 0.323 e. The van der Waals surface area contributed by atoms with Gasteiger partial charge in [0.15, 0.2) is 0 Å². The van der Waals surface area contributed by atoms with Gasteiger partial charge in [0.2, 0.25) is 5.91 Å². The minimum absolute atomic E-state index is 0.0210. The van der Waals surface area contributed by atoms with Crippen LogP contribution in [-0.4, -0.2) is 61.0 Å². The number of rotatable bonds is 5. The second-order valence-electron chi connectivity index (χ2n) is 8.09. The number of ether oxygens (including phenoxy) is 2.